The second-order valence-corrected chi connectivity index (χ2v) is 21.1. The van der Waals surface area contributed by atoms with Crippen molar-refractivity contribution in [1.82, 2.24) is 0 Å². The molecule has 1 saturated carbocycles. The Bertz CT molecular complexity index is 778. The van der Waals surface area contributed by atoms with Crippen LogP contribution in [-0.4, -0.2) is 65.0 Å². The molecular formula is C22H38O7Si2. The van der Waals surface area contributed by atoms with Gasteiger partial charge in [0.1, 0.15) is 32.7 Å². The van der Waals surface area contributed by atoms with Gasteiger partial charge in [0.2, 0.25) is 0 Å². The van der Waals surface area contributed by atoms with Gasteiger partial charge in [0.15, 0.2) is 0 Å². The molecule has 0 saturated heterocycles. The molecule has 0 spiro atoms. The molecule has 31 heavy (non-hydrogen) atoms. The molecule has 1 aliphatic rings. The third kappa shape index (κ3) is 5.77. The molecule has 0 amide bonds. The van der Waals surface area contributed by atoms with Gasteiger partial charge in [0.25, 0.3) is 0 Å². The monoisotopic (exact) mass is 470 g/mol. The lowest BCUT2D eigenvalue weighted by molar-refractivity contribution is -0.229. The SMILES string of the molecule is C=C1C[C@@H](C(=O)O)[C@](O)(c2ccoc2[Si](C)(C)C)[C@H](OCOCC[Si](C)(C)C)[C@@H]1OC. The van der Waals surface area contributed by atoms with E-state index in [0.717, 1.165) is 6.04 Å². The van der Waals surface area contributed by atoms with Crippen LogP contribution < -0.4 is 5.38 Å². The molecule has 7 nitrogen and oxygen atoms in total. The minimum atomic E-state index is -2.03. The average Bonchev–Trinajstić information content (AvgIpc) is 3.13. The highest BCUT2D eigenvalue weighted by Crippen LogP contribution is 2.46. The molecule has 1 aliphatic carbocycles. The Morgan fingerprint density at radius 3 is 2.45 bits per heavy atom. The van der Waals surface area contributed by atoms with E-state index in [2.05, 4.69) is 45.9 Å². The third-order valence-electron chi connectivity index (χ3n) is 5.77. The predicted molar refractivity (Wildman–Crippen MR) is 125 cm³/mol. The molecule has 0 radical (unpaired) electrons. The highest BCUT2D eigenvalue weighted by molar-refractivity contribution is 6.88. The van der Waals surface area contributed by atoms with Gasteiger partial charge in [0, 0.05) is 27.4 Å². The standard InChI is InChI=1S/C22H38O7Si2/c1-15-13-17(20(23)24)22(25,16-9-10-28-21(16)31(6,7)8)19(18(15)26-2)29-14-27-11-12-30(3,4)5/h9-10,17-19,25H,1,11-14H2,2-8H3,(H,23,24)/t17-,18+,19+,22+/m0/s1. The van der Waals surface area contributed by atoms with Crippen LogP contribution in [0.1, 0.15) is 12.0 Å². The number of ether oxygens (including phenoxy) is 3. The fourth-order valence-electron chi connectivity index (χ4n) is 4.06. The Balaban J connectivity index is 2.43. The molecule has 1 fully saturated rings. The summed E-state index contributed by atoms with van der Waals surface area (Å²) in [5, 5.41) is 22.7. The first-order chi connectivity index (χ1) is 14.2. The average molecular weight is 471 g/mol. The predicted octanol–water partition coefficient (Wildman–Crippen LogP) is 3.39. The number of aliphatic carboxylic acids is 1. The van der Waals surface area contributed by atoms with Crippen molar-refractivity contribution in [2.24, 2.45) is 5.92 Å². The van der Waals surface area contributed by atoms with Crippen molar-refractivity contribution in [3.63, 3.8) is 0 Å². The van der Waals surface area contributed by atoms with Crippen molar-refractivity contribution in [2.45, 2.75) is 69.6 Å². The molecule has 176 valence electrons. The van der Waals surface area contributed by atoms with Crippen LogP contribution in [0.4, 0.5) is 0 Å². The topological polar surface area (TPSA) is 98.4 Å². The van der Waals surface area contributed by atoms with Gasteiger partial charge < -0.3 is 28.8 Å². The summed E-state index contributed by atoms with van der Waals surface area (Å²) in [5.74, 6) is -2.26. The van der Waals surface area contributed by atoms with E-state index in [1.165, 1.54) is 13.4 Å². The Kier molecular flexibility index (Phi) is 8.16. The van der Waals surface area contributed by atoms with Crippen molar-refractivity contribution in [1.29, 1.82) is 0 Å². The van der Waals surface area contributed by atoms with E-state index in [1.807, 2.05) is 0 Å². The van der Waals surface area contributed by atoms with Crippen LogP contribution in [0, 0.1) is 5.92 Å². The van der Waals surface area contributed by atoms with Gasteiger partial charge >= 0.3 is 5.97 Å². The molecule has 0 aromatic carbocycles. The number of hydrogen-bond acceptors (Lipinski definition) is 6. The molecule has 1 aromatic rings. The first-order valence-electron chi connectivity index (χ1n) is 10.7. The molecule has 0 unspecified atom stereocenters. The number of carboxylic acids is 1. The lowest BCUT2D eigenvalue weighted by Gasteiger charge is -2.48. The van der Waals surface area contributed by atoms with E-state index >= 15 is 0 Å². The molecule has 0 aliphatic heterocycles. The molecule has 2 N–H and O–H groups in total. The molecule has 9 heteroatoms. The normalized spacial score (nSPS) is 27.5. The number of carboxylic acid groups (broad SMARTS) is 1. The zero-order valence-electron chi connectivity index (χ0n) is 19.9. The number of methoxy groups -OCH3 is 1. The van der Waals surface area contributed by atoms with Gasteiger partial charge in [-0.15, -0.1) is 0 Å². The minimum absolute atomic E-state index is 0.0724. The summed E-state index contributed by atoms with van der Waals surface area (Å²) in [7, 11) is -1.78. The molecular weight excluding hydrogens is 432 g/mol. The Labute approximate surface area is 187 Å². The smallest absolute Gasteiger partial charge is 0.310 e. The van der Waals surface area contributed by atoms with Crippen LogP contribution >= 0.6 is 0 Å². The van der Waals surface area contributed by atoms with Gasteiger partial charge in [-0.1, -0.05) is 45.9 Å². The summed E-state index contributed by atoms with van der Waals surface area (Å²) in [6.45, 7) is 17.5. The summed E-state index contributed by atoms with van der Waals surface area (Å²) in [5.41, 5.74) is -0.816. The number of rotatable bonds is 10. The summed E-state index contributed by atoms with van der Waals surface area (Å²) in [4.78, 5) is 12.3. The first-order valence-corrected chi connectivity index (χ1v) is 17.9. The molecule has 1 aromatic heterocycles. The van der Waals surface area contributed by atoms with Crippen molar-refractivity contribution >= 4 is 27.5 Å². The van der Waals surface area contributed by atoms with Gasteiger partial charge in [0.05, 0.1) is 17.6 Å². The summed E-state index contributed by atoms with van der Waals surface area (Å²) in [6, 6.07) is 2.64. The van der Waals surface area contributed by atoms with Crippen molar-refractivity contribution in [3.8, 4) is 0 Å². The van der Waals surface area contributed by atoms with Crippen molar-refractivity contribution in [2.75, 3.05) is 20.5 Å². The fourth-order valence-corrected chi connectivity index (χ4v) is 6.33. The van der Waals surface area contributed by atoms with Crippen LogP contribution in [-0.2, 0) is 24.6 Å². The quantitative estimate of drug-likeness (QED) is 0.234. The number of aliphatic hydroxyl groups is 1. The van der Waals surface area contributed by atoms with Gasteiger partial charge in [-0.25, -0.2) is 0 Å². The van der Waals surface area contributed by atoms with Crippen LogP contribution in [0.5, 0.6) is 0 Å². The van der Waals surface area contributed by atoms with E-state index < -0.39 is 45.8 Å². The summed E-state index contributed by atoms with van der Waals surface area (Å²) >= 11 is 0. The maximum absolute atomic E-state index is 12.3. The maximum atomic E-state index is 12.3. The minimum Gasteiger partial charge on any atom is -0.481 e. The van der Waals surface area contributed by atoms with Crippen molar-refractivity contribution < 1.29 is 33.6 Å². The Morgan fingerprint density at radius 2 is 1.94 bits per heavy atom. The maximum Gasteiger partial charge on any atom is 0.310 e. The summed E-state index contributed by atoms with van der Waals surface area (Å²) in [6.07, 6.45) is -0.0891. The van der Waals surface area contributed by atoms with Gasteiger partial charge in [-0.2, -0.15) is 0 Å². The Hall–Kier alpha value is -1.24. The van der Waals surface area contributed by atoms with E-state index in [4.69, 9.17) is 18.6 Å². The highest BCUT2D eigenvalue weighted by Gasteiger charge is 2.59. The number of carbonyl (C=O) groups is 1. The molecule has 1 heterocycles. The highest BCUT2D eigenvalue weighted by atomic mass is 28.3. The third-order valence-corrected chi connectivity index (χ3v) is 9.22. The van der Waals surface area contributed by atoms with E-state index in [0.29, 0.717) is 23.1 Å². The second-order valence-electron chi connectivity index (χ2n) is 10.6. The van der Waals surface area contributed by atoms with Gasteiger partial charge in [-0.3, -0.25) is 4.79 Å². The van der Waals surface area contributed by atoms with Gasteiger partial charge in [-0.05, 0) is 24.1 Å². The molecule has 2 rings (SSSR count). The van der Waals surface area contributed by atoms with E-state index in [9.17, 15) is 15.0 Å². The van der Waals surface area contributed by atoms with E-state index in [-0.39, 0.29) is 13.2 Å². The first kappa shape index (κ1) is 26.0. The Morgan fingerprint density at radius 1 is 1.29 bits per heavy atom. The van der Waals surface area contributed by atoms with Crippen LogP contribution in [0.3, 0.4) is 0 Å². The number of furan rings is 1. The number of hydrogen-bond donors (Lipinski definition) is 2. The van der Waals surface area contributed by atoms with Crippen LogP contribution in [0.25, 0.3) is 0 Å². The zero-order valence-corrected chi connectivity index (χ0v) is 21.9. The molecule has 4 atom stereocenters. The van der Waals surface area contributed by atoms with Crippen LogP contribution in [0.15, 0.2) is 28.9 Å². The second kappa shape index (κ2) is 9.72. The summed E-state index contributed by atoms with van der Waals surface area (Å²) < 4.78 is 23.1. The lowest BCUT2D eigenvalue weighted by Crippen LogP contribution is -2.62. The fraction of sp³-hybridized carbons (Fsp3) is 0.682. The largest absolute Gasteiger partial charge is 0.481 e. The molecule has 0 bridgehead atoms. The lowest BCUT2D eigenvalue weighted by atomic mass is 9.67. The van der Waals surface area contributed by atoms with E-state index in [1.54, 1.807) is 6.07 Å². The van der Waals surface area contributed by atoms with Crippen molar-refractivity contribution in [3.05, 3.63) is 30.0 Å². The van der Waals surface area contributed by atoms with Crippen LogP contribution in [0.2, 0.25) is 45.3 Å². The zero-order chi connectivity index (χ0) is 23.6.